The summed E-state index contributed by atoms with van der Waals surface area (Å²) in [5, 5.41) is 12.6. The van der Waals surface area contributed by atoms with Gasteiger partial charge in [-0.15, -0.1) is 11.8 Å². The van der Waals surface area contributed by atoms with Crippen LogP contribution in [-0.2, 0) is 0 Å². The zero-order chi connectivity index (χ0) is 14.8. The molecule has 0 amide bonds. The first-order chi connectivity index (χ1) is 9.74. The molecule has 0 radical (unpaired) electrons. The molecule has 0 aliphatic rings. The molecular weight excluding hydrogens is 266 g/mol. The highest BCUT2D eigenvalue weighted by Gasteiger charge is 2.09. The van der Waals surface area contributed by atoms with Gasteiger partial charge in [0.05, 0.1) is 6.07 Å². The van der Waals surface area contributed by atoms with Crippen molar-refractivity contribution >= 4 is 11.8 Å². The molecule has 20 heavy (non-hydrogen) atoms. The minimum atomic E-state index is -0.206. The summed E-state index contributed by atoms with van der Waals surface area (Å²) in [6, 6.07) is 10.4. The average Bonchev–Trinajstić information content (AvgIpc) is 2.51. The van der Waals surface area contributed by atoms with Crippen molar-refractivity contribution in [2.24, 2.45) is 0 Å². The lowest BCUT2D eigenvalue weighted by Crippen LogP contribution is -2.28. The fraction of sp³-hybridized carbons (Fsp3) is 0.562. The second kappa shape index (κ2) is 9.82. The maximum atomic E-state index is 9.28. The molecular formula is C16H25N3S. The summed E-state index contributed by atoms with van der Waals surface area (Å²) in [4.78, 5) is 3.63. The van der Waals surface area contributed by atoms with Crippen LogP contribution in [0.25, 0.3) is 0 Å². The largest absolute Gasteiger partial charge is 0.304 e. The van der Waals surface area contributed by atoms with Crippen molar-refractivity contribution in [3.63, 3.8) is 0 Å². The van der Waals surface area contributed by atoms with Gasteiger partial charge in [0.25, 0.3) is 0 Å². The predicted molar refractivity (Wildman–Crippen MR) is 87.0 cm³/mol. The van der Waals surface area contributed by atoms with Gasteiger partial charge in [-0.2, -0.15) is 5.26 Å². The molecule has 0 heterocycles. The highest BCUT2D eigenvalue weighted by molar-refractivity contribution is 7.98. The van der Waals surface area contributed by atoms with E-state index in [2.05, 4.69) is 48.5 Å². The van der Waals surface area contributed by atoms with Crippen molar-refractivity contribution in [1.82, 2.24) is 10.2 Å². The number of nitriles is 1. The van der Waals surface area contributed by atoms with Crippen LogP contribution in [0.4, 0.5) is 0 Å². The van der Waals surface area contributed by atoms with Crippen molar-refractivity contribution in [3.05, 3.63) is 29.8 Å². The van der Waals surface area contributed by atoms with Gasteiger partial charge in [-0.05, 0) is 56.6 Å². The molecule has 0 saturated carbocycles. The SMILES string of the molecule is CCN(CC)CCCNC(C#N)c1ccc(SC)cc1. The lowest BCUT2D eigenvalue weighted by atomic mass is 10.1. The minimum Gasteiger partial charge on any atom is -0.304 e. The average molecular weight is 291 g/mol. The van der Waals surface area contributed by atoms with E-state index in [4.69, 9.17) is 0 Å². The second-order valence-electron chi connectivity index (χ2n) is 4.67. The van der Waals surface area contributed by atoms with E-state index in [1.54, 1.807) is 11.8 Å². The zero-order valence-electron chi connectivity index (χ0n) is 12.7. The molecule has 0 aliphatic heterocycles. The summed E-state index contributed by atoms with van der Waals surface area (Å²) in [5.74, 6) is 0. The van der Waals surface area contributed by atoms with Crippen LogP contribution in [0.1, 0.15) is 31.9 Å². The minimum absolute atomic E-state index is 0.206. The molecule has 1 rings (SSSR count). The van der Waals surface area contributed by atoms with E-state index in [1.807, 2.05) is 12.1 Å². The fourth-order valence-corrected chi connectivity index (χ4v) is 2.53. The van der Waals surface area contributed by atoms with E-state index in [0.29, 0.717) is 0 Å². The van der Waals surface area contributed by atoms with Crippen LogP contribution in [0.3, 0.4) is 0 Å². The molecule has 0 saturated heterocycles. The maximum Gasteiger partial charge on any atom is 0.121 e. The first-order valence-electron chi connectivity index (χ1n) is 7.24. The Morgan fingerprint density at radius 3 is 2.40 bits per heavy atom. The number of rotatable bonds is 9. The quantitative estimate of drug-likeness (QED) is 0.560. The van der Waals surface area contributed by atoms with Crippen LogP contribution in [0.5, 0.6) is 0 Å². The van der Waals surface area contributed by atoms with Gasteiger partial charge in [-0.1, -0.05) is 26.0 Å². The smallest absolute Gasteiger partial charge is 0.121 e. The van der Waals surface area contributed by atoms with Crippen molar-refractivity contribution in [1.29, 1.82) is 5.26 Å². The lowest BCUT2D eigenvalue weighted by Gasteiger charge is -2.18. The Bertz CT molecular complexity index is 407. The summed E-state index contributed by atoms with van der Waals surface area (Å²) in [6.07, 6.45) is 3.13. The van der Waals surface area contributed by atoms with Gasteiger partial charge in [-0.25, -0.2) is 0 Å². The molecule has 0 aromatic heterocycles. The Morgan fingerprint density at radius 2 is 1.90 bits per heavy atom. The monoisotopic (exact) mass is 291 g/mol. The van der Waals surface area contributed by atoms with Crippen molar-refractivity contribution in [2.45, 2.75) is 31.2 Å². The topological polar surface area (TPSA) is 39.1 Å². The van der Waals surface area contributed by atoms with Crippen LogP contribution in [0, 0.1) is 11.3 Å². The molecule has 110 valence electrons. The number of benzene rings is 1. The highest BCUT2D eigenvalue weighted by Crippen LogP contribution is 2.18. The van der Waals surface area contributed by atoms with E-state index in [1.165, 1.54) is 4.90 Å². The van der Waals surface area contributed by atoms with Gasteiger partial charge in [0.15, 0.2) is 0 Å². The number of nitrogens with one attached hydrogen (secondary N) is 1. The summed E-state index contributed by atoms with van der Waals surface area (Å²) < 4.78 is 0. The van der Waals surface area contributed by atoms with Crippen molar-refractivity contribution < 1.29 is 0 Å². The normalized spacial score (nSPS) is 12.3. The highest BCUT2D eigenvalue weighted by atomic mass is 32.2. The molecule has 1 N–H and O–H groups in total. The van der Waals surface area contributed by atoms with Crippen LogP contribution < -0.4 is 5.32 Å². The zero-order valence-corrected chi connectivity index (χ0v) is 13.5. The maximum absolute atomic E-state index is 9.28. The van der Waals surface area contributed by atoms with Gasteiger partial charge in [0.2, 0.25) is 0 Å². The molecule has 0 aliphatic carbocycles. The first kappa shape index (κ1) is 17.0. The van der Waals surface area contributed by atoms with E-state index in [0.717, 1.165) is 38.2 Å². The van der Waals surface area contributed by atoms with Gasteiger partial charge >= 0.3 is 0 Å². The third-order valence-corrected chi connectivity index (χ3v) is 4.22. The van der Waals surface area contributed by atoms with E-state index in [-0.39, 0.29) is 6.04 Å². The molecule has 1 unspecified atom stereocenters. The lowest BCUT2D eigenvalue weighted by molar-refractivity contribution is 0.297. The number of hydrogen-bond acceptors (Lipinski definition) is 4. The fourth-order valence-electron chi connectivity index (χ4n) is 2.12. The van der Waals surface area contributed by atoms with Crippen LogP contribution in [-0.4, -0.2) is 37.3 Å². The molecule has 3 nitrogen and oxygen atoms in total. The van der Waals surface area contributed by atoms with Gasteiger partial charge in [-0.3, -0.25) is 5.32 Å². The number of nitrogens with zero attached hydrogens (tertiary/aromatic N) is 2. The number of thioether (sulfide) groups is 1. The van der Waals surface area contributed by atoms with E-state index in [9.17, 15) is 5.26 Å². The Balaban J connectivity index is 2.41. The number of hydrogen-bond donors (Lipinski definition) is 1. The molecule has 0 spiro atoms. The third-order valence-electron chi connectivity index (χ3n) is 3.47. The third kappa shape index (κ3) is 5.54. The Labute approximate surface area is 127 Å². The van der Waals surface area contributed by atoms with Crippen molar-refractivity contribution in [3.8, 4) is 6.07 Å². The Hall–Kier alpha value is -1.02. The first-order valence-corrected chi connectivity index (χ1v) is 8.46. The molecule has 1 atom stereocenters. The molecule has 0 fully saturated rings. The van der Waals surface area contributed by atoms with Gasteiger partial charge in [0.1, 0.15) is 6.04 Å². The predicted octanol–water partition coefficient (Wildman–Crippen LogP) is 3.29. The van der Waals surface area contributed by atoms with Crippen LogP contribution in [0.15, 0.2) is 29.2 Å². The Morgan fingerprint density at radius 1 is 1.25 bits per heavy atom. The van der Waals surface area contributed by atoms with Crippen molar-refractivity contribution in [2.75, 3.05) is 32.4 Å². The second-order valence-corrected chi connectivity index (χ2v) is 5.55. The Kier molecular flexibility index (Phi) is 8.36. The van der Waals surface area contributed by atoms with Crippen LogP contribution >= 0.6 is 11.8 Å². The molecule has 4 heteroatoms. The summed E-state index contributed by atoms with van der Waals surface area (Å²) in [6.45, 7) is 8.51. The summed E-state index contributed by atoms with van der Waals surface area (Å²) >= 11 is 1.72. The van der Waals surface area contributed by atoms with E-state index < -0.39 is 0 Å². The summed E-state index contributed by atoms with van der Waals surface area (Å²) in [5.41, 5.74) is 1.05. The molecule has 1 aromatic carbocycles. The van der Waals surface area contributed by atoms with Gasteiger partial charge in [0, 0.05) is 4.90 Å². The van der Waals surface area contributed by atoms with Crippen LogP contribution in [0.2, 0.25) is 0 Å². The van der Waals surface area contributed by atoms with Gasteiger partial charge < -0.3 is 4.90 Å². The standard InChI is InChI=1S/C16H25N3S/c1-4-19(5-2)12-6-11-18-16(13-17)14-7-9-15(20-3)10-8-14/h7-10,16,18H,4-6,11-12H2,1-3H3. The molecule has 0 bridgehead atoms. The molecule has 1 aromatic rings. The summed E-state index contributed by atoms with van der Waals surface area (Å²) in [7, 11) is 0. The van der Waals surface area contributed by atoms with E-state index >= 15 is 0 Å².